The first-order chi connectivity index (χ1) is 7.16. The minimum absolute atomic E-state index is 0.567. The molecule has 1 N–H and O–H groups in total. The van der Waals surface area contributed by atoms with E-state index in [0.717, 1.165) is 13.1 Å². The molecule has 15 heavy (non-hydrogen) atoms. The second-order valence-electron chi connectivity index (χ2n) is 4.61. The maximum absolute atomic E-state index is 3.57. The van der Waals surface area contributed by atoms with Gasteiger partial charge in [0, 0.05) is 36.1 Å². The lowest BCUT2D eigenvalue weighted by Crippen LogP contribution is -2.54. The fourth-order valence-corrected chi connectivity index (χ4v) is 3.21. The molecule has 1 aliphatic rings. The van der Waals surface area contributed by atoms with Gasteiger partial charge in [-0.05, 0) is 32.2 Å². The van der Waals surface area contributed by atoms with E-state index in [9.17, 15) is 0 Å². The third-order valence-corrected chi connectivity index (χ3v) is 4.13. The van der Waals surface area contributed by atoms with Crippen LogP contribution in [0.25, 0.3) is 0 Å². The molecular weight excluding hydrogens is 204 g/mol. The van der Waals surface area contributed by atoms with E-state index >= 15 is 0 Å². The van der Waals surface area contributed by atoms with E-state index in [1.165, 1.54) is 4.88 Å². The van der Waals surface area contributed by atoms with Crippen molar-refractivity contribution in [3.05, 3.63) is 22.4 Å². The molecule has 1 aliphatic heterocycles. The summed E-state index contributed by atoms with van der Waals surface area (Å²) in [5.74, 6) is 0. The summed E-state index contributed by atoms with van der Waals surface area (Å²) in [6.45, 7) is 9.16. The zero-order valence-corrected chi connectivity index (χ0v) is 10.6. The molecule has 2 nitrogen and oxygen atoms in total. The van der Waals surface area contributed by atoms with Crippen LogP contribution in [0, 0.1) is 0 Å². The molecular formula is C12H20N2S. The van der Waals surface area contributed by atoms with Crippen LogP contribution in [0.3, 0.4) is 0 Å². The molecule has 2 rings (SSSR count). The molecule has 1 aromatic rings. The fraction of sp³-hybridized carbons (Fsp3) is 0.667. The van der Waals surface area contributed by atoms with E-state index < -0.39 is 0 Å². The average Bonchev–Trinajstić information content (AvgIpc) is 2.67. The molecule has 0 amide bonds. The van der Waals surface area contributed by atoms with E-state index in [2.05, 4.69) is 48.5 Å². The Bertz CT molecular complexity index is 287. The van der Waals surface area contributed by atoms with E-state index in [0.29, 0.717) is 18.1 Å². The van der Waals surface area contributed by atoms with Crippen LogP contribution in [0.15, 0.2) is 17.5 Å². The highest BCUT2D eigenvalue weighted by atomic mass is 32.1. The molecule has 0 spiro atoms. The standard InChI is InChI=1S/C12H20N2S/c1-9-7-14(8-10(2)13-9)11(3)12-5-4-6-15-12/h4-6,9-11,13H,7-8H2,1-3H3. The first-order valence-electron chi connectivity index (χ1n) is 5.70. The van der Waals surface area contributed by atoms with Crippen molar-refractivity contribution in [1.29, 1.82) is 0 Å². The maximum Gasteiger partial charge on any atom is 0.0414 e. The summed E-state index contributed by atoms with van der Waals surface area (Å²) >= 11 is 1.87. The lowest BCUT2D eigenvalue weighted by Gasteiger charge is -2.39. The van der Waals surface area contributed by atoms with E-state index in [1.807, 2.05) is 11.3 Å². The predicted octanol–water partition coefficient (Wildman–Crippen LogP) is 2.49. The van der Waals surface area contributed by atoms with Crippen LogP contribution in [-0.2, 0) is 0 Å². The molecule has 1 fully saturated rings. The number of nitrogens with zero attached hydrogens (tertiary/aromatic N) is 1. The highest BCUT2D eigenvalue weighted by molar-refractivity contribution is 7.10. The van der Waals surface area contributed by atoms with Crippen molar-refractivity contribution in [2.45, 2.75) is 38.9 Å². The lowest BCUT2D eigenvalue weighted by atomic mass is 10.1. The third kappa shape index (κ3) is 2.60. The van der Waals surface area contributed by atoms with Crippen molar-refractivity contribution in [3.63, 3.8) is 0 Å². The normalized spacial score (nSPS) is 30.3. The van der Waals surface area contributed by atoms with Crippen molar-refractivity contribution >= 4 is 11.3 Å². The van der Waals surface area contributed by atoms with Gasteiger partial charge in [-0.3, -0.25) is 4.90 Å². The molecule has 1 aromatic heterocycles. The van der Waals surface area contributed by atoms with Gasteiger partial charge in [0.1, 0.15) is 0 Å². The van der Waals surface area contributed by atoms with Gasteiger partial charge in [-0.1, -0.05) is 6.07 Å². The van der Waals surface area contributed by atoms with E-state index in [1.54, 1.807) is 0 Å². The van der Waals surface area contributed by atoms with Crippen molar-refractivity contribution in [3.8, 4) is 0 Å². The Morgan fingerprint density at radius 1 is 1.40 bits per heavy atom. The highest BCUT2D eigenvalue weighted by Gasteiger charge is 2.25. The summed E-state index contributed by atoms with van der Waals surface area (Å²) in [5, 5.41) is 5.74. The third-order valence-electron chi connectivity index (χ3n) is 3.09. The Morgan fingerprint density at radius 2 is 2.07 bits per heavy atom. The number of hydrogen-bond acceptors (Lipinski definition) is 3. The van der Waals surface area contributed by atoms with Gasteiger partial charge in [0.2, 0.25) is 0 Å². The summed E-state index contributed by atoms with van der Waals surface area (Å²) in [4.78, 5) is 4.06. The summed E-state index contributed by atoms with van der Waals surface area (Å²) in [6.07, 6.45) is 0. The molecule has 0 bridgehead atoms. The molecule has 0 saturated carbocycles. The Kier molecular flexibility index (Phi) is 3.44. The molecule has 0 radical (unpaired) electrons. The van der Waals surface area contributed by atoms with Gasteiger partial charge in [0.15, 0.2) is 0 Å². The SMILES string of the molecule is CC1CN(C(C)c2cccs2)CC(C)N1. The Labute approximate surface area is 96.3 Å². The van der Waals surface area contributed by atoms with Crippen LogP contribution in [0.2, 0.25) is 0 Å². The zero-order valence-electron chi connectivity index (χ0n) is 9.73. The quantitative estimate of drug-likeness (QED) is 0.830. The molecule has 2 heterocycles. The highest BCUT2D eigenvalue weighted by Crippen LogP contribution is 2.25. The summed E-state index contributed by atoms with van der Waals surface area (Å²) in [6, 6.07) is 6.17. The maximum atomic E-state index is 3.57. The van der Waals surface area contributed by atoms with Gasteiger partial charge in [-0.25, -0.2) is 0 Å². The van der Waals surface area contributed by atoms with E-state index in [-0.39, 0.29) is 0 Å². The topological polar surface area (TPSA) is 15.3 Å². The van der Waals surface area contributed by atoms with Gasteiger partial charge in [0.25, 0.3) is 0 Å². The van der Waals surface area contributed by atoms with Gasteiger partial charge >= 0.3 is 0 Å². The molecule has 84 valence electrons. The van der Waals surface area contributed by atoms with Crippen LogP contribution in [-0.4, -0.2) is 30.1 Å². The Hall–Kier alpha value is -0.380. The van der Waals surface area contributed by atoms with E-state index in [4.69, 9.17) is 0 Å². The van der Waals surface area contributed by atoms with Gasteiger partial charge in [-0.2, -0.15) is 0 Å². The average molecular weight is 224 g/mol. The Morgan fingerprint density at radius 3 is 2.60 bits per heavy atom. The lowest BCUT2D eigenvalue weighted by molar-refractivity contribution is 0.133. The van der Waals surface area contributed by atoms with Gasteiger partial charge in [-0.15, -0.1) is 11.3 Å². The van der Waals surface area contributed by atoms with Gasteiger partial charge < -0.3 is 5.32 Å². The first kappa shape index (κ1) is 11.1. The summed E-state index contributed by atoms with van der Waals surface area (Å²) in [7, 11) is 0. The van der Waals surface area contributed by atoms with Crippen molar-refractivity contribution < 1.29 is 0 Å². The minimum Gasteiger partial charge on any atom is -0.309 e. The first-order valence-corrected chi connectivity index (χ1v) is 6.58. The number of nitrogens with one attached hydrogen (secondary N) is 1. The second kappa shape index (κ2) is 4.64. The monoisotopic (exact) mass is 224 g/mol. The zero-order chi connectivity index (χ0) is 10.8. The van der Waals surface area contributed by atoms with Crippen LogP contribution in [0.1, 0.15) is 31.7 Å². The molecule has 3 unspecified atom stereocenters. The smallest absolute Gasteiger partial charge is 0.0414 e. The number of thiophene rings is 1. The second-order valence-corrected chi connectivity index (χ2v) is 5.59. The van der Waals surface area contributed by atoms with Crippen LogP contribution in [0.4, 0.5) is 0 Å². The molecule has 1 saturated heterocycles. The summed E-state index contributed by atoms with van der Waals surface area (Å²) < 4.78 is 0. The molecule has 0 aromatic carbocycles. The predicted molar refractivity (Wildman–Crippen MR) is 66.4 cm³/mol. The molecule has 0 aliphatic carbocycles. The number of piperazine rings is 1. The van der Waals surface area contributed by atoms with Crippen LogP contribution >= 0.6 is 11.3 Å². The summed E-state index contributed by atoms with van der Waals surface area (Å²) in [5.41, 5.74) is 0. The number of rotatable bonds is 2. The Balaban J connectivity index is 2.03. The van der Waals surface area contributed by atoms with Crippen molar-refractivity contribution in [1.82, 2.24) is 10.2 Å². The van der Waals surface area contributed by atoms with Gasteiger partial charge in [0.05, 0.1) is 0 Å². The van der Waals surface area contributed by atoms with Crippen molar-refractivity contribution in [2.75, 3.05) is 13.1 Å². The van der Waals surface area contributed by atoms with Crippen LogP contribution in [0.5, 0.6) is 0 Å². The number of hydrogen-bond donors (Lipinski definition) is 1. The largest absolute Gasteiger partial charge is 0.309 e. The molecule has 3 heteroatoms. The fourth-order valence-electron chi connectivity index (χ4n) is 2.39. The van der Waals surface area contributed by atoms with Crippen molar-refractivity contribution in [2.24, 2.45) is 0 Å². The van der Waals surface area contributed by atoms with Crippen LogP contribution < -0.4 is 5.32 Å². The molecule has 3 atom stereocenters. The minimum atomic E-state index is 0.567.